The van der Waals surface area contributed by atoms with Crippen LogP contribution < -0.4 is 10.6 Å². The van der Waals surface area contributed by atoms with Crippen LogP contribution in [0.1, 0.15) is 27.5 Å². The molecule has 6 nitrogen and oxygen atoms in total. The highest BCUT2D eigenvalue weighted by Crippen LogP contribution is 2.22. The van der Waals surface area contributed by atoms with E-state index in [1.807, 2.05) is 82.4 Å². The van der Waals surface area contributed by atoms with Gasteiger partial charge in [0.05, 0.1) is 6.04 Å². The molecule has 0 unspecified atom stereocenters. The van der Waals surface area contributed by atoms with Gasteiger partial charge in [0.2, 0.25) is 0 Å². The molecule has 1 aliphatic rings. The maximum atomic E-state index is 13.0. The third-order valence-electron chi connectivity index (χ3n) is 5.69. The molecule has 1 saturated heterocycles. The number of thiophene rings is 1. The predicted octanol–water partition coefficient (Wildman–Crippen LogP) is 3.59. The summed E-state index contributed by atoms with van der Waals surface area (Å²) in [6, 6.07) is 21.7. The molecule has 0 saturated carbocycles. The number of hydrogen-bond donors (Lipinski definition) is 2. The standard InChI is InChI=1S/C25H28N4O2S/c30-24(22-11-18-32-19-22)26-12-13-28-14-16-29(17-15-28)25(31)27-23(20-7-3-1-4-8-20)21-9-5-2-6-10-21/h1-11,18-19,23H,12-17H2,(H,26,30)(H,27,31). The first kappa shape index (κ1) is 22.0. The van der Waals surface area contributed by atoms with Crippen molar-refractivity contribution in [2.24, 2.45) is 0 Å². The zero-order chi connectivity index (χ0) is 22.2. The maximum absolute atomic E-state index is 13.0. The molecule has 32 heavy (non-hydrogen) atoms. The summed E-state index contributed by atoms with van der Waals surface area (Å²) in [6.07, 6.45) is 0. The summed E-state index contributed by atoms with van der Waals surface area (Å²) < 4.78 is 0. The Bertz CT molecular complexity index is 948. The summed E-state index contributed by atoms with van der Waals surface area (Å²) in [5, 5.41) is 9.94. The molecule has 4 rings (SSSR count). The number of amides is 3. The van der Waals surface area contributed by atoms with Crippen molar-refractivity contribution in [2.75, 3.05) is 39.3 Å². The van der Waals surface area contributed by atoms with Crippen molar-refractivity contribution < 1.29 is 9.59 Å². The van der Waals surface area contributed by atoms with Crippen molar-refractivity contribution in [3.05, 3.63) is 94.2 Å². The predicted molar refractivity (Wildman–Crippen MR) is 128 cm³/mol. The second-order valence-corrected chi connectivity index (χ2v) is 8.58. The van der Waals surface area contributed by atoms with Gasteiger partial charge in [-0.3, -0.25) is 9.69 Å². The van der Waals surface area contributed by atoms with Gasteiger partial charge in [0.1, 0.15) is 0 Å². The SMILES string of the molecule is O=C(NCCN1CCN(C(=O)NC(c2ccccc2)c2ccccc2)CC1)c1ccsc1. The van der Waals surface area contributed by atoms with Crippen molar-refractivity contribution in [1.29, 1.82) is 0 Å². The summed E-state index contributed by atoms with van der Waals surface area (Å²) in [4.78, 5) is 29.2. The molecule has 1 fully saturated rings. The lowest BCUT2D eigenvalue weighted by atomic mass is 9.99. The van der Waals surface area contributed by atoms with Crippen LogP contribution in [0.3, 0.4) is 0 Å². The highest BCUT2D eigenvalue weighted by atomic mass is 32.1. The molecule has 0 radical (unpaired) electrons. The average molecular weight is 449 g/mol. The van der Waals surface area contributed by atoms with Crippen LogP contribution in [-0.4, -0.2) is 61.0 Å². The fourth-order valence-corrected chi connectivity index (χ4v) is 4.50. The molecule has 1 aromatic heterocycles. The van der Waals surface area contributed by atoms with E-state index in [9.17, 15) is 9.59 Å². The molecule has 2 aromatic carbocycles. The Kier molecular flexibility index (Phi) is 7.53. The second-order valence-electron chi connectivity index (χ2n) is 7.80. The zero-order valence-electron chi connectivity index (χ0n) is 17.9. The molecular weight excluding hydrogens is 420 g/mol. The van der Waals surface area contributed by atoms with Gasteiger partial charge in [0.15, 0.2) is 0 Å². The fourth-order valence-electron chi connectivity index (χ4n) is 3.86. The first-order valence-corrected chi connectivity index (χ1v) is 11.8. The summed E-state index contributed by atoms with van der Waals surface area (Å²) in [6.45, 7) is 4.31. The molecule has 2 heterocycles. The Morgan fingerprint density at radius 3 is 2.06 bits per heavy atom. The highest BCUT2D eigenvalue weighted by molar-refractivity contribution is 7.08. The lowest BCUT2D eigenvalue weighted by Gasteiger charge is -2.35. The monoisotopic (exact) mass is 448 g/mol. The Hall–Kier alpha value is -3.16. The molecule has 1 aliphatic heterocycles. The third kappa shape index (κ3) is 5.75. The van der Waals surface area contributed by atoms with Gasteiger partial charge < -0.3 is 15.5 Å². The third-order valence-corrected chi connectivity index (χ3v) is 6.37. The lowest BCUT2D eigenvalue weighted by molar-refractivity contribution is 0.0942. The van der Waals surface area contributed by atoms with E-state index in [1.54, 1.807) is 0 Å². The van der Waals surface area contributed by atoms with Gasteiger partial charge >= 0.3 is 6.03 Å². The summed E-state index contributed by atoms with van der Waals surface area (Å²) in [7, 11) is 0. The van der Waals surface area contributed by atoms with Crippen LogP contribution in [-0.2, 0) is 0 Å². The Labute approximate surface area is 192 Å². The number of nitrogens with one attached hydrogen (secondary N) is 2. The van der Waals surface area contributed by atoms with E-state index < -0.39 is 0 Å². The van der Waals surface area contributed by atoms with Crippen molar-refractivity contribution in [2.45, 2.75) is 6.04 Å². The van der Waals surface area contributed by atoms with E-state index in [1.165, 1.54) is 11.3 Å². The van der Waals surface area contributed by atoms with E-state index in [-0.39, 0.29) is 18.0 Å². The Balaban J connectivity index is 1.27. The fraction of sp³-hybridized carbons (Fsp3) is 0.280. The summed E-state index contributed by atoms with van der Waals surface area (Å²) in [5.74, 6) is -0.0304. The van der Waals surface area contributed by atoms with Crippen molar-refractivity contribution >= 4 is 23.3 Å². The molecule has 3 aromatic rings. The number of carbonyl (C=O) groups excluding carboxylic acids is 2. The van der Waals surface area contributed by atoms with E-state index in [0.29, 0.717) is 25.2 Å². The van der Waals surface area contributed by atoms with Crippen molar-refractivity contribution in [3.8, 4) is 0 Å². The highest BCUT2D eigenvalue weighted by Gasteiger charge is 2.24. The first-order chi connectivity index (χ1) is 15.7. The van der Waals surface area contributed by atoms with E-state index in [4.69, 9.17) is 0 Å². The van der Waals surface area contributed by atoms with Gasteiger partial charge in [-0.15, -0.1) is 0 Å². The minimum atomic E-state index is -0.185. The molecule has 0 atom stereocenters. The van der Waals surface area contributed by atoms with Crippen LogP contribution in [0.15, 0.2) is 77.5 Å². The number of rotatable bonds is 7. The minimum Gasteiger partial charge on any atom is -0.351 e. The van der Waals surface area contributed by atoms with Crippen LogP contribution in [0.25, 0.3) is 0 Å². The van der Waals surface area contributed by atoms with Gasteiger partial charge in [-0.1, -0.05) is 60.7 Å². The van der Waals surface area contributed by atoms with Gasteiger partial charge in [-0.2, -0.15) is 11.3 Å². The Morgan fingerprint density at radius 1 is 0.875 bits per heavy atom. The van der Waals surface area contributed by atoms with Crippen LogP contribution >= 0.6 is 11.3 Å². The number of nitrogens with zero attached hydrogens (tertiary/aromatic N) is 2. The van der Waals surface area contributed by atoms with E-state index in [0.717, 1.165) is 30.8 Å². The van der Waals surface area contributed by atoms with Crippen LogP contribution in [0.5, 0.6) is 0 Å². The van der Waals surface area contributed by atoms with E-state index >= 15 is 0 Å². The summed E-state index contributed by atoms with van der Waals surface area (Å²) >= 11 is 1.52. The molecule has 3 amide bonds. The molecule has 2 N–H and O–H groups in total. The smallest absolute Gasteiger partial charge is 0.318 e. The van der Waals surface area contributed by atoms with Crippen LogP contribution in [0.4, 0.5) is 4.79 Å². The van der Waals surface area contributed by atoms with Gasteiger partial charge in [0, 0.05) is 50.2 Å². The van der Waals surface area contributed by atoms with Crippen molar-refractivity contribution in [3.63, 3.8) is 0 Å². The topological polar surface area (TPSA) is 64.7 Å². The van der Waals surface area contributed by atoms with Crippen LogP contribution in [0, 0.1) is 0 Å². The molecular formula is C25H28N4O2S. The van der Waals surface area contributed by atoms with Crippen LogP contribution in [0.2, 0.25) is 0 Å². The second kappa shape index (κ2) is 10.9. The number of carbonyl (C=O) groups is 2. The van der Waals surface area contributed by atoms with E-state index in [2.05, 4.69) is 15.5 Å². The molecule has 0 bridgehead atoms. The van der Waals surface area contributed by atoms with Crippen molar-refractivity contribution in [1.82, 2.24) is 20.4 Å². The molecule has 7 heteroatoms. The first-order valence-electron chi connectivity index (χ1n) is 10.9. The lowest BCUT2D eigenvalue weighted by Crippen LogP contribution is -2.53. The van der Waals surface area contributed by atoms with Gasteiger partial charge in [-0.05, 0) is 22.6 Å². The molecule has 166 valence electrons. The maximum Gasteiger partial charge on any atom is 0.318 e. The number of piperazine rings is 1. The number of urea groups is 1. The van der Waals surface area contributed by atoms with Gasteiger partial charge in [0.25, 0.3) is 5.91 Å². The largest absolute Gasteiger partial charge is 0.351 e. The molecule has 0 spiro atoms. The zero-order valence-corrected chi connectivity index (χ0v) is 18.8. The summed E-state index contributed by atoms with van der Waals surface area (Å²) in [5.41, 5.74) is 2.84. The quantitative estimate of drug-likeness (QED) is 0.581. The number of benzene rings is 2. The average Bonchev–Trinajstić information content (AvgIpc) is 3.39. The molecule has 0 aliphatic carbocycles. The minimum absolute atomic E-state index is 0.0304. The van der Waals surface area contributed by atoms with Gasteiger partial charge in [-0.25, -0.2) is 4.79 Å². The number of hydrogen-bond acceptors (Lipinski definition) is 4. The normalized spacial score (nSPS) is 14.3. The Morgan fingerprint density at radius 2 is 1.50 bits per heavy atom.